The molecular formula is C26H33ClN4O8. The molecule has 2 unspecified atom stereocenters. The summed E-state index contributed by atoms with van der Waals surface area (Å²) in [5, 5.41) is 25.6. The Morgan fingerprint density at radius 3 is 2.18 bits per heavy atom. The first kappa shape index (κ1) is 32.9. The number of aliphatic carboxylic acids is 1. The maximum Gasteiger partial charge on any atom is 0.328 e. The average molecular weight is 565 g/mol. The average Bonchev–Trinajstić information content (AvgIpc) is 2.89. The van der Waals surface area contributed by atoms with Crippen LogP contribution in [0.3, 0.4) is 0 Å². The number of aromatic hydroxyl groups is 1. The van der Waals surface area contributed by atoms with E-state index in [2.05, 4.69) is 21.7 Å². The van der Waals surface area contributed by atoms with Gasteiger partial charge in [-0.15, -0.1) is 0 Å². The lowest BCUT2D eigenvalue weighted by Crippen LogP contribution is -3.00. The number of phenolic OH excluding ortho intramolecular Hbond substituents is 1. The predicted octanol–water partition coefficient (Wildman–Crippen LogP) is -3.74. The van der Waals surface area contributed by atoms with Crippen molar-refractivity contribution >= 4 is 29.7 Å². The molecule has 3 amide bonds. The van der Waals surface area contributed by atoms with Crippen LogP contribution < -0.4 is 34.1 Å². The van der Waals surface area contributed by atoms with Gasteiger partial charge in [-0.25, -0.2) is 4.79 Å². The summed E-state index contributed by atoms with van der Waals surface area (Å²) in [7, 11) is 0. The number of carbonyl (C=O) groups excluding carboxylic acids is 4. The Labute approximate surface area is 231 Å². The topological polar surface area (TPSA) is 199 Å². The van der Waals surface area contributed by atoms with Gasteiger partial charge in [-0.2, -0.15) is 0 Å². The van der Waals surface area contributed by atoms with Crippen molar-refractivity contribution in [1.82, 2.24) is 16.0 Å². The van der Waals surface area contributed by atoms with Gasteiger partial charge in [-0.05, 0) is 36.6 Å². The monoisotopic (exact) mass is 564 g/mol. The number of benzene rings is 2. The van der Waals surface area contributed by atoms with Crippen molar-refractivity contribution in [3.8, 4) is 5.75 Å². The second-order valence-electron chi connectivity index (χ2n) is 8.66. The number of nitrogens with one attached hydrogen (secondary N) is 3. The van der Waals surface area contributed by atoms with E-state index < -0.39 is 54.3 Å². The van der Waals surface area contributed by atoms with Crippen molar-refractivity contribution in [2.75, 3.05) is 6.54 Å². The molecule has 39 heavy (non-hydrogen) atoms. The minimum absolute atomic E-state index is 0. The molecule has 212 valence electrons. The van der Waals surface area contributed by atoms with Gasteiger partial charge in [-0.3, -0.25) is 19.2 Å². The van der Waals surface area contributed by atoms with Crippen LogP contribution in [-0.4, -0.2) is 64.5 Å². The molecule has 0 aliphatic rings. The van der Waals surface area contributed by atoms with E-state index in [4.69, 9.17) is 9.84 Å². The molecule has 0 fully saturated rings. The number of hydrogen-bond acceptors (Lipinski definition) is 7. The van der Waals surface area contributed by atoms with Crippen molar-refractivity contribution in [2.24, 2.45) is 0 Å². The van der Waals surface area contributed by atoms with E-state index in [-0.39, 0.29) is 37.6 Å². The highest BCUT2D eigenvalue weighted by molar-refractivity contribution is 5.92. The Hall–Kier alpha value is -4.16. The summed E-state index contributed by atoms with van der Waals surface area (Å²) in [4.78, 5) is 60.6. The highest BCUT2D eigenvalue weighted by atomic mass is 35.5. The molecule has 3 atom stereocenters. The number of carboxylic acid groups (broad SMARTS) is 1. The first-order valence-corrected chi connectivity index (χ1v) is 12.0. The van der Waals surface area contributed by atoms with E-state index in [1.807, 2.05) is 0 Å². The van der Waals surface area contributed by atoms with Gasteiger partial charge in [0.05, 0.1) is 6.54 Å². The van der Waals surface area contributed by atoms with Crippen molar-refractivity contribution in [3.05, 3.63) is 65.7 Å². The molecule has 2 aromatic carbocycles. The van der Waals surface area contributed by atoms with Gasteiger partial charge in [-0.1, -0.05) is 42.5 Å². The fourth-order valence-electron chi connectivity index (χ4n) is 3.32. The van der Waals surface area contributed by atoms with Crippen LogP contribution in [0.2, 0.25) is 0 Å². The summed E-state index contributed by atoms with van der Waals surface area (Å²) in [6.07, 6.45) is -0.279. The molecule has 0 bridgehead atoms. The zero-order chi connectivity index (χ0) is 28.1. The summed E-state index contributed by atoms with van der Waals surface area (Å²) in [6, 6.07) is 12.3. The van der Waals surface area contributed by atoms with Crippen LogP contribution >= 0.6 is 0 Å². The molecule has 0 aliphatic carbocycles. The number of halogens is 1. The standard InChI is InChI=1S/C26H32N4O8.ClH/c1-16(29-25(36)20(27)13-17-7-9-19(31)10-8-17)24(35)28-14-22(32)30-21(11-12-23(33)34)26(37)38-15-18-5-3-2-4-6-18;/h2-10,16,20-21,31H,11-15,27H2,1H3,(H,28,35)(H,29,36)(H,30,32)(H,33,34);1H/t16-,20?,21?;/m0./s1. The number of hydrogen-bond donors (Lipinski definition) is 6. The number of phenols is 1. The second kappa shape index (κ2) is 16.6. The fraction of sp³-hybridized carbons (Fsp3) is 0.346. The summed E-state index contributed by atoms with van der Waals surface area (Å²) in [5.41, 5.74) is 5.31. The Kier molecular flexibility index (Phi) is 14.0. The van der Waals surface area contributed by atoms with E-state index in [0.29, 0.717) is 6.42 Å². The minimum Gasteiger partial charge on any atom is -1.00 e. The quantitative estimate of drug-likeness (QED) is 0.126. The third-order valence-electron chi connectivity index (χ3n) is 5.45. The molecule has 0 spiro atoms. The van der Waals surface area contributed by atoms with Gasteiger partial charge in [0, 0.05) is 12.8 Å². The van der Waals surface area contributed by atoms with Gasteiger partial charge in [0.15, 0.2) is 6.04 Å². The molecule has 8 N–H and O–H groups in total. The maximum absolute atomic E-state index is 12.5. The Bertz CT molecular complexity index is 1110. The summed E-state index contributed by atoms with van der Waals surface area (Å²) in [6.45, 7) is 0.887. The van der Waals surface area contributed by atoms with Crippen molar-refractivity contribution in [1.29, 1.82) is 0 Å². The van der Waals surface area contributed by atoms with Crippen LogP contribution in [0.1, 0.15) is 30.9 Å². The van der Waals surface area contributed by atoms with Crippen LogP contribution in [0.5, 0.6) is 5.75 Å². The minimum atomic E-state index is -1.22. The summed E-state index contributed by atoms with van der Waals surface area (Å²) in [5.74, 6) is -3.69. The van der Waals surface area contributed by atoms with Crippen molar-refractivity contribution < 1.29 is 57.1 Å². The van der Waals surface area contributed by atoms with Crippen LogP contribution in [0.15, 0.2) is 54.6 Å². The number of amides is 3. The van der Waals surface area contributed by atoms with E-state index in [9.17, 15) is 29.1 Å². The SMILES string of the molecule is C[C@H](NC(=O)C([NH3+])Cc1ccc(O)cc1)C(=O)NCC(=O)NC(CCC(=O)O)C(=O)OCc1ccccc1.[Cl-]. The molecule has 0 saturated carbocycles. The van der Waals surface area contributed by atoms with Crippen LogP contribution in [0, 0.1) is 0 Å². The van der Waals surface area contributed by atoms with E-state index in [0.717, 1.165) is 11.1 Å². The van der Waals surface area contributed by atoms with Gasteiger partial charge < -0.3 is 49.0 Å². The van der Waals surface area contributed by atoms with Crippen molar-refractivity contribution in [2.45, 2.75) is 50.9 Å². The van der Waals surface area contributed by atoms with Crippen molar-refractivity contribution in [3.63, 3.8) is 0 Å². The van der Waals surface area contributed by atoms with Gasteiger partial charge in [0.25, 0.3) is 5.91 Å². The molecule has 0 aliphatic heterocycles. The number of carboxylic acids is 1. The zero-order valence-corrected chi connectivity index (χ0v) is 22.1. The van der Waals surface area contributed by atoms with Gasteiger partial charge >= 0.3 is 11.9 Å². The van der Waals surface area contributed by atoms with E-state index in [1.54, 1.807) is 42.5 Å². The summed E-state index contributed by atoms with van der Waals surface area (Å²) >= 11 is 0. The third kappa shape index (κ3) is 12.3. The Morgan fingerprint density at radius 1 is 0.923 bits per heavy atom. The van der Waals surface area contributed by atoms with Gasteiger partial charge in [0.1, 0.15) is 24.4 Å². The smallest absolute Gasteiger partial charge is 0.328 e. The number of ether oxygens (including phenoxy) is 1. The van der Waals surface area contributed by atoms with Crippen LogP contribution in [-0.2, 0) is 41.7 Å². The maximum atomic E-state index is 12.5. The Balaban J connectivity index is 0.00000760. The first-order chi connectivity index (χ1) is 18.0. The normalized spacial score (nSPS) is 12.6. The zero-order valence-electron chi connectivity index (χ0n) is 21.4. The molecular weight excluding hydrogens is 532 g/mol. The second-order valence-corrected chi connectivity index (χ2v) is 8.66. The molecule has 0 aromatic heterocycles. The molecule has 2 aromatic rings. The number of carbonyl (C=O) groups is 5. The Morgan fingerprint density at radius 2 is 1.56 bits per heavy atom. The molecule has 2 rings (SSSR count). The fourth-order valence-corrected chi connectivity index (χ4v) is 3.32. The lowest BCUT2D eigenvalue weighted by Gasteiger charge is -2.18. The number of rotatable bonds is 14. The largest absolute Gasteiger partial charge is 1.00 e. The molecule has 0 saturated heterocycles. The summed E-state index contributed by atoms with van der Waals surface area (Å²) < 4.78 is 5.20. The molecule has 12 nitrogen and oxygen atoms in total. The number of quaternary nitrogens is 1. The van der Waals surface area contributed by atoms with Crippen LogP contribution in [0.4, 0.5) is 0 Å². The third-order valence-corrected chi connectivity index (χ3v) is 5.45. The van der Waals surface area contributed by atoms with Crippen LogP contribution in [0.25, 0.3) is 0 Å². The highest BCUT2D eigenvalue weighted by Gasteiger charge is 2.25. The highest BCUT2D eigenvalue weighted by Crippen LogP contribution is 2.10. The first-order valence-electron chi connectivity index (χ1n) is 12.0. The lowest BCUT2D eigenvalue weighted by molar-refractivity contribution is -0.403. The molecule has 0 radical (unpaired) electrons. The predicted molar refractivity (Wildman–Crippen MR) is 134 cm³/mol. The van der Waals surface area contributed by atoms with E-state index >= 15 is 0 Å². The molecule has 13 heteroatoms. The van der Waals surface area contributed by atoms with E-state index in [1.165, 1.54) is 19.1 Å². The molecule has 0 heterocycles. The van der Waals surface area contributed by atoms with Gasteiger partial charge in [0.2, 0.25) is 11.8 Å². The number of esters is 1. The lowest BCUT2D eigenvalue weighted by atomic mass is 10.1.